The highest BCUT2D eigenvalue weighted by Crippen LogP contribution is 2.41. The highest BCUT2D eigenvalue weighted by atomic mass is 79.9. The lowest BCUT2D eigenvalue weighted by Crippen LogP contribution is -2.25. The number of fused-ring (bicyclic) bond motifs is 2. The molecule has 8 heteroatoms. The minimum absolute atomic E-state index is 0.143. The van der Waals surface area contributed by atoms with Gasteiger partial charge >= 0.3 is 6.01 Å². The highest BCUT2D eigenvalue weighted by molar-refractivity contribution is 9.10. The molecule has 0 radical (unpaired) electrons. The van der Waals surface area contributed by atoms with E-state index in [2.05, 4.69) is 31.3 Å². The number of aromatic nitrogens is 3. The van der Waals surface area contributed by atoms with E-state index in [9.17, 15) is 9.18 Å². The molecule has 5 rings (SSSR count). The fourth-order valence-electron chi connectivity index (χ4n) is 3.65. The summed E-state index contributed by atoms with van der Waals surface area (Å²) in [5.74, 6) is -0.192. The molecule has 0 bridgehead atoms. The summed E-state index contributed by atoms with van der Waals surface area (Å²) in [6, 6.07) is 12.5. The van der Waals surface area contributed by atoms with Gasteiger partial charge in [-0.3, -0.25) is 4.79 Å². The van der Waals surface area contributed by atoms with Crippen LogP contribution in [-0.4, -0.2) is 20.7 Å². The first kappa shape index (κ1) is 17.1. The first-order valence-electron chi connectivity index (χ1n) is 8.71. The number of anilines is 1. The van der Waals surface area contributed by atoms with Crippen molar-refractivity contribution in [1.29, 1.82) is 0 Å². The molecule has 0 saturated carbocycles. The number of rotatable bonds is 2. The van der Waals surface area contributed by atoms with Gasteiger partial charge in [0.05, 0.1) is 10.2 Å². The number of carbonyl (C=O) groups is 1. The molecule has 1 aliphatic rings. The fraction of sp³-hybridized carbons (Fsp3) is 0.150. The quantitative estimate of drug-likeness (QED) is 0.490. The second-order valence-electron chi connectivity index (χ2n) is 6.70. The van der Waals surface area contributed by atoms with Crippen LogP contribution >= 0.6 is 15.9 Å². The Bertz CT molecular complexity index is 1210. The van der Waals surface area contributed by atoms with Crippen LogP contribution in [0.25, 0.3) is 17.1 Å². The Morgan fingerprint density at radius 2 is 2.11 bits per heavy atom. The summed E-state index contributed by atoms with van der Waals surface area (Å²) >= 11 is 3.23. The van der Waals surface area contributed by atoms with Gasteiger partial charge in [-0.15, -0.1) is 0 Å². The van der Waals surface area contributed by atoms with Crippen molar-refractivity contribution in [3.8, 4) is 6.01 Å². The van der Waals surface area contributed by atoms with Crippen molar-refractivity contribution in [3.63, 3.8) is 0 Å². The topological polar surface area (TPSA) is 73.0 Å². The Morgan fingerprint density at radius 1 is 1.29 bits per heavy atom. The molecule has 6 nitrogen and oxygen atoms in total. The van der Waals surface area contributed by atoms with E-state index < -0.39 is 0 Å². The Labute approximate surface area is 167 Å². The Kier molecular flexibility index (Phi) is 3.83. The van der Waals surface area contributed by atoms with Crippen LogP contribution in [0.2, 0.25) is 0 Å². The average Bonchev–Trinajstić information content (AvgIpc) is 3.24. The van der Waals surface area contributed by atoms with Crippen molar-refractivity contribution in [2.24, 2.45) is 0 Å². The van der Waals surface area contributed by atoms with Crippen LogP contribution in [0.3, 0.4) is 0 Å². The molecule has 4 aromatic rings. The molecule has 140 valence electrons. The van der Waals surface area contributed by atoms with Crippen LogP contribution in [0.1, 0.15) is 29.2 Å². The zero-order valence-corrected chi connectivity index (χ0v) is 16.3. The number of carbonyl (C=O) groups excluding carboxylic acids is 1. The van der Waals surface area contributed by atoms with Crippen molar-refractivity contribution in [3.05, 3.63) is 69.6 Å². The van der Waals surface area contributed by atoms with Crippen LogP contribution in [0, 0.1) is 12.7 Å². The Hall–Kier alpha value is -3.00. The second-order valence-corrected chi connectivity index (χ2v) is 7.56. The lowest BCUT2D eigenvalue weighted by molar-refractivity contribution is -0.116. The summed E-state index contributed by atoms with van der Waals surface area (Å²) in [4.78, 5) is 16.9. The van der Waals surface area contributed by atoms with E-state index in [0.717, 1.165) is 16.8 Å². The van der Waals surface area contributed by atoms with Gasteiger partial charge in [0.2, 0.25) is 5.91 Å². The first-order valence-corrected chi connectivity index (χ1v) is 9.51. The van der Waals surface area contributed by atoms with E-state index in [1.165, 1.54) is 10.7 Å². The lowest BCUT2D eigenvalue weighted by Gasteiger charge is -2.24. The van der Waals surface area contributed by atoms with E-state index in [4.69, 9.17) is 4.42 Å². The number of benzene rings is 2. The maximum Gasteiger partial charge on any atom is 0.325 e. The summed E-state index contributed by atoms with van der Waals surface area (Å²) in [6.45, 7) is 1.88. The second kappa shape index (κ2) is 6.27. The molecule has 1 atom stereocenters. The van der Waals surface area contributed by atoms with Crippen molar-refractivity contribution < 1.29 is 13.6 Å². The predicted octanol–water partition coefficient (Wildman–Crippen LogP) is 4.70. The van der Waals surface area contributed by atoms with Crippen molar-refractivity contribution in [2.75, 3.05) is 5.32 Å². The number of nitrogens with one attached hydrogen (secondary N) is 1. The normalized spacial score (nSPS) is 16.2. The summed E-state index contributed by atoms with van der Waals surface area (Å²) in [6.07, 6.45) is 0.255. The van der Waals surface area contributed by atoms with Gasteiger partial charge in [0.15, 0.2) is 5.58 Å². The molecule has 3 heterocycles. The van der Waals surface area contributed by atoms with E-state index in [-0.39, 0.29) is 30.1 Å². The first-order chi connectivity index (χ1) is 13.5. The van der Waals surface area contributed by atoms with E-state index in [0.29, 0.717) is 21.4 Å². The smallest absolute Gasteiger partial charge is 0.325 e. The maximum absolute atomic E-state index is 13.7. The minimum atomic E-state index is -0.344. The molecule has 0 fully saturated rings. The number of hydrogen-bond donors (Lipinski definition) is 1. The fourth-order valence-corrected chi connectivity index (χ4v) is 4.05. The van der Waals surface area contributed by atoms with Gasteiger partial charge in [0.1, 0.15) is 17.2 Å². The number of aryl methyl sites for hydroxylation is 1. The molecule has 2 aromatic heterocycles. The van der Waals surface area contributed by atoms with E-state index in [1.807, 2.05) is 31.2 Å². The summed E-state index contributed by atoms with van der Waals surface area (Å²) in [7, 11) is 0. The lowest BCUT2D eigenvalue weighted by atomic mass is 9.86. The Balaban J connectivity index is 1.68. The number of amides is 1. The SMILES string of the molecule is Cc1nn(-c2nc3ccccc3o2)c2c1[C@H](c1ccc(F)c(Br)c1)CC(=O)N2. The van der Waals surface area contributed by atoms with Crippen LogP contribution in [0.4, 0.5) is 10.2 Å². The van der Waals surface area contributed by atoms with Gasteiger partial charge in [-0.05, 0) is 52.7 Å². The van der Waals surface area contributed by atoms with Crippen LogP contribution in [-0.2, 0) is 4.79 Å². The molecule has 0 saturated heterocycles. The molecule has 1 N–H and O–H groups in total. The molecular weight excluding hydrogens is 427 g/mol. The van der Waals surface area contributed by atoms with Crippen molar-refractivity contribution in [1.82, 2.24) is 14.8 Å². The van der Waals surface area contributed by atoms with Crippen molar-refractivity contribution >= 4 is 38.8 Å². The number of oxazole rings is 1. The molecule has 0 aliphatic carbocycles. The molecule has 1 amide bonds. The summed E-state index contributed by atoms with van der Waals surface area (Å²) in [5, 5.41) is 7.46. The van der Waals surface area contributed by atoms with E-state index in [1.54, 1.807) is 12.1 Å². The third-order valence-electron chi connectivity index (χ3n) is 4.91. The number of hydrogen-bond acceptors (Lipinski definition) is 4. The minimum Gasteiger partial charge on any atom is -0.422 e. The zero-order valence-electron chi connectivity index (χ0n) is 14.7. The summed E-state index contributed by atoms with van der Waals surface area (Å²) in [5.41, 5.74) is 3.81. The van der Waals surface area contributed by atoms with Gasteiger partial charge in [-0.1, -0.05) is 18.2 Å². The van der Waals surface area contributed by atoms with Crippen LogP contribution in [0.5, 0.6) is 0 Å². The number of para-hydroxylation sites is 2. The predicted molar refractivity (Wildman–Crippen MR) is 105 cm³/mol. The number of nitrogens with zero attached hydrogens (tertiary/aromatic N) is 3. The third kappa shape index (κ3) is 2.63. The molecule has 2 aromatic carbocycles. The van der Waals surface area contributed by atoms with Gasteiger partial charge in [0, 0.05) is 17.9 Å². The largest absolute Gasteiger partial charge is 0.422 e. The molecular formula is C20H14BrFN4O2. The number of halogens is 2. The standard InChI is InChI=1S/C20H14BrFN4O2/c1-10-18-12(11-6-7-14(22)13(21)8-11)9-17(27)24-19(18)26(25-10)20-23-15-4-2-3-5-16(15)28-20/h2-8,12H,9H2,1H3,(H,24,27)/t12-/m0/s1. The molecule has 0 unspecified atom stereocenters. The van der Waals surface area contributed by atoms with Crippen LogP contribution < -0.4 is 5.32 Å². The third-order valence-corrected chi connectivity index (χ3v) is 5.52. The molecule has 1 aliphatic heterocycles. The van der Waals surface area contributed by atoms with Crippen molar-refractivity contribution in [2.45, 2.75) is 19.3 Å². The molecule has 28 heavy (non-hydrogen) atoms. The Morgan fingerprint density at radius 3 is 2.89 bits per heavy atom. The zero-order chi connectivity index (χ0) is 19.4. The highest BCUT2D eigenvalue weighted by Gasteiger charge is 2.33. The maximum atomic E-state index is 13.7. The molecule has 0 spiro atoms. The van der Waals surface area contributed by atoms with E-state index >= 15 is 0 Å². The van der Waals surface area contributed by atoms with Crippen LogP contribution in [0.15, 0.2) is 51.4 Å². The average molecular weight is 441 g/mol. The van der Waals surface area contributed by atoms with Gasteiger partial charge in [-0.2, -0.15) is 14.8 Å². The van der Waals surface area contributed by atoms with Gasteiger partial charge in [0.25, 0.3) is 0 Å². The van der Waals surface area contributed by atoms with Gasteiger partial charge < -0.3 is 9.73 Å². The summed E-state index contributed by atoms with van der Waals surface area (Å²) < 4.78 is 21.4. The van der Waals surface area contributed by atoms with Gasteiger partial charge in [-0.25, -0.2) is 4.39 Å². The monoisotopic (exact) mass is 440 g/mol.